The predicted molar refractivity (Wildman–Crippen MR) is 222 cm³/mol. The highest BCUT2D eigenvalue weighted by Gasteiger charge is 2.18. The van der Waals surface area contributed by atoms with Gasteiger partial charge in [-0.3, -0.25) is 0 Å². The van der Waals surface area contributed by atoms with Gasteiger partial charge in [-0.2, -0.15) is 5.26 Å². The smallest absolute Gasteiger partial charge is 0.0998 e. The maximum atomic E-state index is 10.5. The minimum absolute atomic E-state index is 0.653. The van der Waals surface area contributed by atoms with Gasteiger partial charge >= 0.3 is 0 Å². The van der Waals surface area contributed by atoms with Crippen LogP contribution < -0.4 is 0 Å². The summed E-state index contributed by atoms with van der Waals surface area (Å²) in [4.78, 5) is 0. The molecular formula is C51H32N2. The summed E-state index contributed by atoms with van der Waals surface area (Å²) in [5, 5.41) is 17.8. The second-order valence-corrected chi connectivity index (χ2v) is 13.6. The van der Waals surface area contributed by atoms with E-state index < -0.39 is 0 Å². The molecule has 0 aliphatic carbocycles. The van der Waals surface area contributed by atoms with Gasteiger partial charge < -0.3 is 4.57 Å². The van der Waals surface area contributed by atoms with Crippen LogP contribution in [-0.4, -0.2) is 4.57 Å². The molecule has 0 saturated heterocycles. The van der Waals surface area contributed by atoms with Gasteiger partial charge in [0.15, 0.2) is 0 Å². The van der Waals surface area contributed by atoms with Crippen molar-refractivity contribution in [2.75, 3.05) is 0 Å². The van der Waals surface area contributed by atoms with Crippen LogP contribution in [0.2, 0.25) is 0 Å². The third-order valence-corrected chi connectivity index (χ3v) is 10.6. The van der Waals surface area contributed by atoms with Crippen LogP contribution >= 0.6 is 0 Å². The summed E-state index contributed by atoms with van der Waals surface area (Å²) in [5.74, 6) is 0. The van der Waals surface area contributed by atoms with E-state index in [1.807, 2.05) is 6.07 Å². The van der Waals surface area contributed by atoms with E-state index in [2.05, 4.69) is 199 Å². The van der Waals surface area contributed by atoms with Gasteiger partial charge in [-0.25, -0.2) is 0 Å². The molecule has 0 N–H and O–H groups in total. The van der Waals surface area contributed by atoms with Gasteiger partial charge in [-0.05, 0) is 102 Å². The fourth-order valence-corrected chi connectivity index (χ4v) is 8.27. The van der Waals surface area contributed by atoms with E-state index in [0.717, 1.165) is 33.5 Å². The lowest BCUT2D eigenvalue weighted by Gasteiger charge is -2.18. The predicted octanol–water partition coefficient (Wildman–Crippen LogP) is 13.6. The first-order valence-electron chi connectivity index (χ1n) is 18.0. The van der Waals surface area contributed by atoms with Gasteiger partial charge in [-0.1, -0.05) is 158 Å². The van der Waals surface area contributed by atoms with Crippen molar-refractivity contribution in [2.45, 2.75) is 0 Å². The summed E-state index contributed by atoms with van der Waals surface area (Å²) < 4.78 is 2.33. The van der Waals surface area contributed by atoms with E-state index in [9.17, 15) is 5.26 Å². The highest BCUT2D eigenvalue weighted by molar-refractivity contribution is 6.21. The first-order valence-corrected chi connectivity index (χ1v) is 18.0. The SMILES string of the molecule is N#Cc1cc(-c2ccc(-n3c4ccccc4c4ccccc43)cc2)ccc1-c1cccc(-c2c3ccccc3c(-c3ccccc3)c3ccccc23)c1. The number of nitriles is 1. The van der Waals surface area contributed by atoms with Gasteiger partial charge in [0.25, 0.3) is 0 Å². The number of benzene rings is 9. The molecule has 0 spiro atoms. The first-order chi connectivity index (χ1) is 26.3. The van der Waals surface area contributed by atoms with Gasteiger partial charge in [0.2, 0.25) is 0 Å². The fraction of sp³-hybridized carbons (Fsp3) is 0. The summed E-state index contributed by atoms with van der Waals surface area (Å²) >= 11 is 0. The number of fused-ring (bicyclic) bond motifs is 5. The Hall–Kier alpha value is -7.21. The van der Waals surface area contributed by atoms with E-state index in [4.69, 9.17) is 0 Å². The normalized spacial score (nSPS) is 11.4. The maximum Gasteiger partial charge on any atom is 0.0998 e. The Bertz CT molecular complexity index is 2940. The molecule has 0 aliphatic heterocycles. The molecule has 0 aliphatic rings. The average Bonchev–Trinajstić information content (AvgIpc) is 3.57. The zero-order chi connectivity index (χ0) is 35.3. The highest BCUT2D eigenvalue weighted by atomic mass is 15.0. The van der Waals surface area contributed by atoms with Crippen molar-refractivity contribution < 1.29 is 0 Å². The Morgan fingerprint density at radius 1 is 0.340 bits per heavy atom. The Labute approximate surface area is 308 Å². The van der Waals surface area contributed by atoms with Crippen LogP contribution in [0.5, 0.6) is 0 Å². The molecule has 10 rings (SSSR count). The van der Waals surface area contributed by atoms with Gasteiger partial charge in [0.05, 0.1) is 22.7 Å². The molecule has 1 aromatic heterocycles. The van der Waals surface area contributed by atoms with Crippen LogP contribution in [0.1, 0.15) is 5.56 Å². The molecule has 2 nitrogen and oxygen atoms in total. The molecule has 246 valence electrons. The van der Waals surface area contributed by atoms with Crippen molar-refractivity contribution in [1.82, 2.24) is 4.57 Å². The molecule has 1 heterocycles. The van der Waals surface area contributed by atoms with Crippen LogP contribution in [0.15, 0.2) is 194 Å². The highest BCUT2D eigenvalue weighted by Crippen LogP contribution is 2.44. The quantitative estimate of drug-likeness (QED) is 0.167. The van der Waals surface area contributed by atoms with Crippen molar-refractivity contribution in [3.8, 4) is 56.3 Å². The largest absolute Gasteiger partial charge is 0.309 e. The lowest BCUT2D eigenvalue weighted by Crippen LogP contribution is -1.94. The molecular weight excluding hydrogens is 641 g/mol. The van der Waals surface area contributed by atoms with Gasteiger partial charge in [-0.15, -0.1) is 0 Å². The Morgan fingerprint density at radius 3 is 1.40 bits per heavy atom. The van der Waals surface area contributed by atoms with Crippen LogP contribution in [0, 0.1) is 11.3 Å². The van der Waals surface area contributed by atoms with Gasteiger partial charge in [0, 0.05) is 16.5 Å². The van der Waals surface area contributed by atoms with Crippen molar-refractivity contribution in [3.63, 3.8) is 0 Å². The minimum atomic E-state index is 0.653. The van der Waals surface area contributed by atoms with Crippen molar-refractivity contribution in [2.24, 2.45) is 0 Å². The summed E-state index contributed by atoms with van der Waals surface area (Å²) in [6, 6.07) is 71.4. The summed E-state index contributed by atoms with van der Waals surface area (Å²) in [7, 11) is 0. The molecule has 0 radical (unpaired) electrons. The topological polar surface area (TPSA) is 28.7 Å². The molecule has 0 bridgehead atoms. The average molecular weight is 673 g/mol. The lowest BCUT2D eigenvalue weighted by molar-refractivity contribution is 1.18. The number of rotatable bonds is 5. The second-order valence-electron chi connectivity index (χ2n) is 13.6. The maximum absolute atomic E-state index is 10.5. The Morgan fingerprint density at radius 2 is 0.811 bits per heavy atom. The number of para-hydroxylation sites is 2. The summed E-state index contributed by atoms with van der Waals surface area (Å²) in [6.45, 7) is 0. The van der Waals surface area contributed by atoms with E-state index in [-0.39, 0.29) is 0 Å². The monoisotopic (exact) mass is 672 g/mol. The Kier molecular flexibility index (Phi) is 7.23. The van der Waals surface area contributed by atoms with Crippen molar-refractivity contribution >= 4 is 43.4 Å². The van der Waals surface area contributed by atoms with Gasteiger partial charge in [0.1, 0.15) is 0 Å². The standard InChI is InChI=1S/C51H32N2/c52-33-39-31-36(34-25-28-40(29-26-34)53-48-23-10-8-17-42(48)43-18-9-11-24-49(43)53)27-30-41(39)37-15-12-16-38(32-37)51-46-21-6-4-19-44(46)50(35-13-2-1-3-14-35)45-20-5-7-22-47(45)51/h1-32H. The molecule has 0 fully saturated rings. The van der Waals surface area contributed by atoms with E-state index in [1.165, 1.54) is 60.0 Å². The molecule has 0 atom stereocenters. The molecule has 53 heavy (non-hydrogen) atoms. The minimum Gasteiger partial charge on any atom is -0.309 e. The van der Waals surface area contributed by atoms with E-state index in [0.29, 0.717) is 5.56 Å². The molecule has 2 heteroatoms. The van der Waals surface area contributed by atoms with Crippen LogP contribution in [0.4, 0.5) is 0 Å². The van der Waals surface area contributed by atoms with E-state index in [1.54, 1.807) is 0 Å². The van der Waals surface area contributed by atoms with Crippen LogP contribution in [0.3, 0.4) is 0 Å². The van der Waals surface area contributed by atoms with Crippen LogP contribution in [-0.2, 0) is 0 Å². The number of hydrogen-bond acceptors (Lipinski definition) is 1. The number of aromatic nitrogens is 1. The Balaban J connectivity index is 1.05. The molecule has 0 amide bonds. The molecule has 9 aromatic carbocycles. The second kappa shape index (κ2) is 12.5. The molecule has 0 saturated carbocycles. The lowest BCUT2D eigenvalue weighted by atomic mass is 9.85. The molecule has 0 unspecified atom stereocenters. The summed E-state index contributed by atoms with van der Waals surface area (Å²) in [5.41, 5.74) is 13.0. The molecule has 10 aromatic rings. The van der Waals surface area contributed by atoms with E-state index >= 15 is 0 Å². The third kappa shape index (κ3) is 5.02. The number of nitrogens with zero attached hydrogens (tertiary/aromatic N) is 2. The third-order valence-electron chi connectivity index (χ3n) is 10.6. The number of hydrogen-bond donors (Lipinski definition) is 0. The zero-order valence-electron chi connectivity index (χ0n) is 28.9. The van der Waals surface area contributed by atoms with Crippen molar-refractivity contribution in [3.05, 3.63) is 200 Å². The zero-order valence-corrected chi connectivity index (χ0v) is 28.9. The van der Waals surface area contributed by atoms with Crippen LogP contribution in [0.25, 0.3) is 93.5 Å². The fourth-order valence-electron chi connectivity index (χ4n) is 8.27. The summed E-state index contributed by atoms with van der Waals surface area (Å²) in [6.07, 6.45) is 0. The first kappa shape index (κ1) is 30.6. The van der Waals surface area contributed by atoms with Crippen molar-refractivity contribution in [1.29, 1.82) is 5.26 Å².